The third kappa shape index (κ3) is 4.59. The van der Waals surface area contributed by atoms with E-state index in [-0.39, 0.29) is 11.8 Å². The summed E-state index contributed by atoms with van der Waals surface area (Å²) in [5.74, 6) is 5.69. The molecule has 0 aliphatic carbocycles. The number of carbonyl (C=O) groups is 1. The van der Waals surface area contributed by atoms with Gasteiger partial charge in [0.1, 0.15) is 0 Å². The SMILES string of the molecule is O=C(NCC#Cc1ccccc1)C(c1ccccc1)c1ccccc1. The molecule has 2 nitrogen and oxygen atoms in total. The Morgan fingerprint density at radius 1 is 0.760 bits per heavy atom. The number of hydrogen-bond donors (Lipinski definition) is 1. The molecule has 0 heterocycles. The lowest BCUT2D eigenvalue weighted by molar-refractivity contribution is -0.121. The summed E-state index contributed by atoms with van der Waals surface area (Å²) in [5, 5.41) is 2.94. The first-order chi connectivity index (χ1) is 12.3. The highest BCUT2D eigenvalue weighted by atomic mass is 16.1. The van der Waals surface area contributed by atoms with Gasteiger partial charge in [-0.05, 0) is 23.3 Å². The van der Waals surface area contributed by atoms with Gasteiger partial charge in [0.05, 0.1) is 12.5 Å². The van der Waals surface area contributed by atoms with Crippen molar-refractivity contribution in [2.45, 2.75) is 5.92 Å². The normalized spacial score (nSPS) is 9.96. The summed E-state index contributed by atoms with van der Waals surface area (Å²) in [5.41, 5.74) is 2.89. The van der Waals surface area contributed by atoms with Crippen LogP contribution >= 0.6 is 0 Å². The molecule has 1 amide bonds. The largest absolute Gasteiger partial charge is 0.344 e. The van der Waals surface area contributed by atoms with E-state index in [0.29, 0.717) is 6.54 Å². The van der Waals surface area contributed by atoms with Gasteiger partial charge in [0.25, 0.3) is 0 Å². The standard InChI is InChI=1S/C23H19NO/c25-23(24-18-10-13-19-11-4-1-5-12-19)22(20-14-6-2-7-15-20)21-16-8-3-9-17-21/h1-9,11-12,14-17,22H,18H2,(H,24,25). The Bertz CT molecular complexity index is 822. The maximum absolute atomic E-state index is 12.8. The highest BCUT2D eigenvalue weighted by Crippen LogP contribution is 2.24. The number of rotatable bonds is 4. The van der Waals surface area contributed by atoms with E-state index in [2.05, 4.69) is 17.2 Å². The second-order valence-electron chi connectivity index (χ2n) is 5.64. The molecule has 0 spiro atoms. The first kappa shape index (κ1) is 16.5. The number of carbonyl (C=O) groups excluding carboxylic acids is 1. The van der Waals surface area contributed by atoms with Crippen LogP contribution in [0.25, 0.3) is 0 Å². The molecule has 0 radical (unpaired) electrons. The van der Waals surface area contributed by atoms with Gasteiger partial charge in [0.2, 0.25) is 5.91 Å². The molecule has 1 N–H and O–H groups in total. The molecule has 0 aromatic heterocycles. The maximum atomic E-state index is 12.8. The summed E-state index contributed by atoms with van der Waals surface area (Å²) >= 11 is 0. The molecule has 0 aliphatic heterocycles. The zero-order valence-corrected chi connectivity index (χ0v) is 13.9. The van der Waals surface area contributed by atoms with Crippen LogP contribution in [0.15, 0.2) is 91.0 Å². The molecular formula is C23H19NO. The van der Waals surface area contributed by atoms with Gasteiger partial charge in [0.15, 0.2) is 0 Å². The minimum Gasteiger partial charge on any atom is -0.344 e. The summed E-state index contributed by atoms with van der Waals surface area (Å²) in [6.45, 7) is 0.323. The molecule has 0 fully saturated rings. The van der Waals surface area contributed by atoms with Crippen LogP contribution in [0.1, 0.15) is 22.6 Å². The zero-order chi connectivity index (χ0) is 17.3. The second kappa shape index (κ2) is 8.52. The predicted molar refractivity (Wildman–Crippen MR) is 101 cm³/mol. The minimum absolute atomic E-state index is 0.0419. The summed E-state index contributed by atoms with van der Waals surface area (Å²) in [4.78, 5) is 12.8. The molecule has 0 bridgehead atoms. The average Bonchev–Trinajstić information content (AvgIpc) is 2.68. The Morgan fingerprint density at radius 3 is 1.76 bits per heavy atom. The van der Waals surface area contributed by atoms with Crippen molar-refractivity contribution in [1.82, 2.24) is 5.32 Å². The van der Waals surface area contributed by atoms with E-state index in [4.69, 9.17) is 0 Å². The topological polar surface area (TPSA) is 29.1 Å². The Balaban J connectivity index is 1.73. The van der Waals surface area contributed by atoms with Gasteiger partial charge in [-0.2, -0.15) is 0 Å². The van der Waals surface area contributed by atoms with E-state index >= 15 is 0 Å². The average molecular weight is 325 g/mol. The number of nitrogens with one attached hydrogen (secondary N) is 1. The number of benzene rings is 3. The van der Waals surface area contributed by atoms with Crippen molar-refractivity contribution in [3.05, 3.63) is 108 Å². The van der Waals surface area contributed by atoms with Gasteiger partial charge < -0.3 is 5.32 Å². The molecule has 0 aliphatic rings. The van der Waals surface area contributed by atoms with Crippen LogP contribution in [-0.2, 0) is 4.79 Å². The third-order valence-electron chi connectivity index (χ3n) is 3.89. The first-order valence-corrected chi connectivity index (χ1v) is 8.26. The van der Waals surface area contributed by atoms with Crippen molar-refractivity contribution in [3.63, 3.8) is 0 Å². The smallest absolute Gasteiger partial charge is 0.232 e. The number of amides is 1. The van der Waals surface area contributed by atoms with Crippen LogP contribution in [0.3, 0.4) is 0 Å². The van der Waals surface area contributed by atoms with Crippen molar-refractivity contribution in [1.29, 1.82) is 0 Å². The molecule has 2 heteroatoms. The summed E-state index contributed by atoms with van der Waals surface area (Å²) in [6.07, 6.45) is 0. The predicted octanol–water partition coefficient (Wildman–Crippen LogP) is 3.99. The van der Waals surface area contributed by atoms with E-state index < -0.39 is 0 Å². The van der Waals surface area contributed by atoms with Gasteiger partial charge in [-0.15, -0.1) is 0 Å². The molecular weight excluding hydrogens is 306 g/mol. The lowest BCUT2D eigenvalue weighted by Crippen LogP contribution is -2.30. The molecule has 3 aromatic carbocycles. The van der Waals surface area contributed by atoms with Crippen molar-refractivity contribution >= 4 is 5.91 Å². The highest BCUT2D eigenvalue weighted by Gasteiger charge is 2.21. The van der Waals surface area contributed by atoms with Crippen molar-refractivity contribution in [2.24, 2.45) is 0 Å². The molecule has 0 atom stereocenters. The second-order valence-corrected chi connectivity index (χ2v) is 5.64. The molecule has 0 saturated carbocycles. The first-order valence-electron chi connectivity index (χ1n) is 8.26. The summed E-state index contributed by atoms with van der Waals surface area (Å²) in [7, 11) is 0. The molecule has 122 valence electrons. The van der Waals surface area contributed by atoms with Crippen LogP contribution in [0.2, 0.25) is 0 Å². The quantitative estimate of drug-likeness (QED) is 0.722. The van der Waals surface area contributed by atoms with E-state index in [1.165, 1.54) is 0 Å². The Labute approximate surface area is 148 Å². The van der Waals surface area contributed by atoms with Crippen LogP contribution in [0.5, 0.6) is 0 Å². The van der Waals surface area contributed by atoms with Gasteiger partial charge in [-0.1, -0.05) is 90.7 Å². The van der Waals surface area contributed by atoms with E-state index in [0.717, 1.165) is 16.7 Å². The Kier molecular flexibility index (Phi) is 5.64. The maximum Gasteiger partial charge on any atom is 0.232 e. The van der Waals surface area contributed by atoms with Crippen LogP contribution in [0, 0.1) is 11.8 Å². The monoisotopic (exact) mass is 325 g/mol. The molecule has 3 aromatic rings. The Hall–Kier alpha value is -3.31. The van der Waals surface area contributed by atoms with Crippen LogP contribution in [0.4, 0.5) is 0 Å². The van der Waals surface area contributed by atoms with Crippen LogP contribution in [-0.4, -0.2) is 12.5 Å². The molecule has 3 rings (SSSR count). The fraction of sp³-hybridized carbons (Fsp3) is 0.0870. The van der Waals surface area contributed by atoms with Crippen molar-refractivity contribution < 1.29 is 4.79 Å². The molecule has 0 unspecified atom stereocenters. The lowest BCUT2D eigenvalue weighted by atomic mass is 9.90. The van der Waals surface area contributed by atoms with Gasteiger partial charge >= 0.3 is 0 Å². The lowest BCUT2D eigenvalue weighted by Gasteiger charge is -2.17. The number of hydrogen-bond acceptors (Lipinski definition) is 1. The van der Waals surface area contributed by atoms with Gasteiger partial charge in [-0.25, -0.2) is 0 Å². The van der Waals surface area contributed by atoms with Crippen LogP contribution < -0.4 is 5.32 Å². The van der Waals surface area contributed by atoms with Gasteiger partial charge in [-0.3, -0.25) is 4.79 Å². The highest BCUT2D eigenvalue weighted by molar-refractivity contribution is 5.87. The third-order valence-corrected chi connectivity index (χ3v) is 3.89. The van der Waals surface area contributed by atoms with E-state index in [1.807, 2.05) is 91.0 Å². The minimum atomic E-state index is -0.332. The fourth-order valence-corrected chi connectivity index (χ4v) is 2.69. The van der Waals surface area contributed by atoms with Crippen molar-refractivity contribution in [3.8, 4) is 11.8 Å². The summed E-state index contributed by atoms with van der Waals surface area (Å²) in [6, 6.07) is 29.4. The Morgan fingerprint density at radius 2 is 1.24 bits per heavy atom. The zero-order valence-electron chi connectivity index (χ0n) is 13.9. The molecule has 0 saturated heterocycles. The fourth-order valence-electron chi connectivity index (χ4n) is 2.69. The molecule has 25 heavy (non-hydrogen) atoms. The van der Waals surface area contributed by atoms with Gasteiger partial charge in [0, 0.05) is 5.56 Å². The van der Waals surface area contributed by atoms with Crippen molar-refractivity contribution in [2.75, 3.05) is 6.54 Å². The summed E-state index contributed by atoms with van der Waals surface area (Å²) < 4.78 is 0. The van der Waals surface area contributed by atoms with E-state index in [9.17, 15) is 4.79 Å². The van der Waals surface area contributed by atoms with E-state index in [1.54, 1.807) is 0 Å².